The van der Waals surface area contributed by atoms with E-state index >= 15 is 0 Å². The molecule has 2 aromatic heterocycles. The molecule has 0 saturated carbocycles. The van der Waals surface area contributed by atoms with Crippen molar-refractivity contribution in [2.45, 2.75) is 6.92 Å². The first-order chi connectivity index (χ1) is 10.2. The Morgan fingerprint density at radius 2 is 2.10 bits per heavy atom. The summed E-state index contributed by atoms with van der Waals surface area (Å²) in [6.45, 7) is 1.86. The average Bonchev–Trinajstić information content (AvgIpc) is 2.87. The van der Waals surface area contributed by atoms with Crippen LogP contribution in [0.1, 0.15) is 5.69 Å². The number of nitrogens with one attached hydrogen (secondary N) is 1. The summed E-state index contributed by atoms with van der Waals surface area (Å²) in [4.78, 5) is 16.1. The Morgan fingerprint density at radius 3 is 2.90 bits per heavy atom. The number of alkyl halides is 1. The molecule has 2 heterocycles. The van der Waals surface area contributed by atoms with Gasteiger partial charge in [-0.05, 0) is 25.1 Å². The Bertz CT molecular complexity index is 812. The summed E-state index contributed by atoms with van der Waals surface area (Å²) < 4.78 is 1.60. The van der Waals surface area contributed by atoms with Crippen molar-refractivity contribution in [3.63, 3.8) is 0 Å². The van der Waals surface area contributed by atoms with Gasteiger partial charge in [0.2, 0.25) is 5.91 Å². The summed E-state index contributed by atoms with van der Waals surface area (Å²) in [7, 11) is 0. The number of amides is 1. The van der Waals surface area contributed by atoms with Gasteiger partial charge in [-0.3, -0.25) is 4.79 Å². The summed E-state index contributed by atoms with van der Waals surface area (Å²) in [5.41, 5.74) is 1.66. The number of hydrogen-bond donors (Lipinski definition) is 1. The van der Waals surface area contributed by atoms with Crippen LogP contribution in [0.15, 0.2) is 42.5 Å². The van der Waals surface area contributed by atoms with Crippen LogP contribution >= 0.6 is 11.6 Å². The third kappa shape index (κ3) is 2.73. The molecule has 3 aromatic rings. The normalized spacial score (nSPS) is 10.8. The number of pyridine rings is 1. The Labute approximate surface area is 126 Å². The van der Waals surface area contributed by atoms with Gasteiger partial charge >= 0.3 is 0 Å². The zero-order chi connectivity index (χ0) is 14.8. The summed E-state index contributed by atoms with van der Waals surface area (Å²) in [5.74, 6) is 0.821. The molecule has 0 aliphatic carbocycles. The molecule has 1 amide bonds. The molecule has 0 radical (unpaired) electrons. The molecule has 3 rings (SSSR count). The van der Waals surface area contributed by atoms with Crippen LogP contribution in [0.4, 0.5) is 5.82 Å². The van der Waals surface area contributed by atoms with Gasteiger partial charge in [0.05, 0.1) is 11.2 Å². The van der Waals surface area contributed by atoms with Crippen LogP contribution in [0, 0.1) is 6.92 Å². The van der Waals surface area contributed by atoms with Gasteiger partial charge in [-0.15, -0.1) is 11.6 Å². The molecule has 106 valence electrons. The Morgan fingerprint density at radius 1 is 1.29 bits per heavy atom. The van der Waals surface area contributed by atoms with E-state index < -0.39 is 0 Å². The first kappa shape index (κ1) is 13.6. The maximum absolute atomic E-state index is 11.5. The number of halogens is 1. The second kappa shape index (κ2) is 5.54. The second-order valence-corrected chi connectivity index (χ2v) is 4.89. The van der Waals surface area contributed by atoms with Crippen molar-refractivity contribution in [3.8, 4) is 5.82 Å². The lowest BCUT2D eigenvalue weighted by atomic mass is 10.2. The second-order valence-electron chi connectivity index (χ2n) is 4.63. The lowest BCUT2D eigenvalue weighted by Crippen LogP contribution is -2.16. The van der Waals surface area contributed by atoms with Gasteiger partial charge < -0.3 is 5.32 Å². The first-order valence-electron chi connectivity index (χ1n) is 6.46. The molecule has 0 aliphatic heterocycles. The number of fused-ring (bicyclic) bond motifs is 1. The Hall–Kier alpha value is -2.40. The fourth-order valence-corrected chi connectivity index (χ4v) is 2.18. The van der Waals surface area contributed by atoms with Gasteiger partial charge in [-0.1, -0.05) is 18.2 Å². The minimum absolute atomic E-state index is 0.102. The number of carbonyl (C=O) groups excluding carboxylic acids is 1. The Kier molecular flexibility index (Phi) is 3.58. The van der Waals surface area contributed by atoms with Crippen LogP contribution < -0.4 is 5.32 Å². The van der Waals surface area contributed by atoms with Crippen LogP contribution in [-0.4, -0.2) is 26.6 Å². The van der Waals surface area contributed by atoms with Crippen LogP contribution in [0.5, 0.6) is 0 Å². The van der Waals surface area contributed by atoms with Gasteiger partial charge in [0, 0.05) is 11.5 Å². The van der Waals surface area contributed by atoms with Gasteiger partial charge in [0.25, 0.3) is 0 Å². The number of benzene rings is 1. The minimum Gasteiger partial charge on any atom is -0.309 e. The van der Waals surface area contributed by atoms with Gasteiger partial charge in [0.15, 0.2) is 5.82 Å². The zero-order valence-electron chi connectivity index (χ0n) is 11.4. The predicted molar refractivity (Wildman–Crippen MR) is 83.0 cm³/mol. The van der Waals surface area contributed by atoms with E-state index in [4.69, 9.17) is 11.6 Å². The smallest absolute Gasteiger partial charge is 0.240 e. The largest absolute Gasteiger partial charge is 0.309 e. The number of rotatable bonds is 3. The van der Waals surface area contributed by atoms with Crippen LogP contribution in [-0.2, 0) is 4.79 Å². The number of nitrogens with zero attached hydrogens (tertiary/aromatic N) is 3. The van der Waals surface area contributed by atoms with Crippen molar-refractivity contribution < 1.29 is 4.79 Å². The molecule has 21 heavy (non-hydrogen) atoms. The van der Waals surface area contributed by atoms with Crippen molar-refractivity contribution in [3.05, 3.63) is 48.2 Å². The third-order valence-electron chi connectivity index (χ3n) is 3.02. The number of anilines is 1. The lowest BCUT2D eigenvalue weighted by molar-refractivity contribution is -0.114. The highest BCUT2D eigenvalue weighted by Crippen LogP contribution is 2.19. The molecule has 1 aromatic carbocycles. The fourth-order valence-electron chi connectivity index (χ4n) is 2.11. The van der Waals surface area contributed by atoms with Crippen molar-refractivity contribution >= 4 is 34.2 Å². The maximum Gasteiger partial charge on any atom is 0.240 e. The van der Waals surface area contributed by atoms with Crippen LogP contribution in [0.2, 0.25) is 0 Å². The van der Waals surface area contributed by atoms with E-state index in [2.05, 4.69) is 15.4 Å². The van der Waals surface area contributed by atoms with Crippen LogP contribution in [0.25, 0.3) is 16.7 Å². The van der Waals surface area contributed by atoms with Gasteiger partial charge in [0.1, 0.15) is 11.7 Å². The number of hydrogen-bond acceptors (Lipinski definition) is 3. The summed E-state index contributed by atoms with van der Waals surface area (Å²) in [6, 6.07) is 13.5. The predicted octanol–water partition coefficient (Wildman–Crippen LogP) is 2.91. The zero-order valence-corrected chi connectivity index (χ0v) is 12.1. The van der Waals surface area contributed by atoms with Gasteiger partial charge in [-0.25, -0.2) is 4.98 Å². The molecule has 0 atom stereocenters. The number of aromatic nitrogens is 3. The molecule has 0 aliphatic rings. The Balaban J connectivity index is 2.07. The molecule has 0 fully saturated rings. The van der Waals surface area contributed by atoms with E-state index in [0.717, 1.165) is 16.6 Å². The molecule has 0 bridgehead atoms. The van der Waals surface area contributed by atoms with Crippen molar-refractivity contribution in [1.29, 1.82) is 0 Å². The van der Waals surface area contributed by atoms with E-state index in [-0.39, 0.29) is 11.8 Å². The van der Waals surface area contributed by atoms with Crippen molar-refractivity contribution in [2.75, 3.05) is 11.2 Å². The van der Waals surface area contributed by atoms with E-state index in [1.807, 2.05) is 43.3 Å². The third-order valence-corrected chi connectivity index (χ3v) is 3.26. The SMILES string of the molecule is Cc1cc(NC(=O)CCl)n(-c2ccc3ccccc3n2)n1. The number of aryl methyl sites for hydroxylation is 1. The molecular formula is C15H13ClN4O. The van der Waals surface area contributed by atoms with Crippen molar-refractivity contribution in [2.24, 2.45) is 0 Å². The number of carbonyl (C=O) groups is 1. The molecule has 1 N–H and O–H groups in total. The molecule has 0 spiro atoms. The summed E-state index contributed by atoms with van der Waals surface area (Å²) >= 11 is 5.53. The maximum atomic E-state index is 11.5. The topological polar surface area (TPSA) is 59.8 Å². The number of para-hydroxylation sites is 1. The van der Waals surface area contributed by atoms with E-state index in [1.165, 1.54) is 0 Å². The summed E-state index contributed by atoms with van der Waals surface area (Å²) in [5, 5.41) is 8.14. The highest BCUT2D eigenvalue weighted by atomic mass is 35.5. The van der Waals surface area contributed by atoms with E-state index in [9.17, 15) is 4.79 Å². The highest BCUT2D eigenvalue weighted by Gasteiger charge is 2.11. The van der Waals surface area contributed by atoms with Gasteiger partial charge in [-0.2, -0.15) is 9.78 Å². The van der Waals surface area contributed by atoms with E-state index in [1.54, 1.807) is 10.7 Å². The molecule has 5 nitrogen and oxygen atoms in total. The lowest BCUT2D eigenvalue weighted by Gasteiger charge is -2.08. The highest BCUT2D eigenvalue weighted by molar-refractivity contribution is 6.29. The quantitative estimate of drug-likeness (QED) is 0.757. The molecule has 6 heteroatoms. The first-order valence-corrected chi connectivity index (χ1v) is 6.99. The van der Waals surface area contributed by atoms with E-state index in [0.29, 0.717) is 11.6 Å². The average molecular weight is 301 g/mol. The summed E-state index contributed by atoms with van der Waals surface area (Å²) in [6.07, 6.45) is 0. The molecule has 0 unspecified atom stereocenters. The van der Waals surface area contributed by atoms with Crippen molar-refractivity contribution in [1.82, 2.24) is 14.8 Å². The molecular weight excluding hydrogens is 288 g/mol. The minimum atomic E-state index is -0.279. The molecule has 0 saturated heterocycles. The monoisotopic (exact) mass is 300 g/mol. The van der Waals surface area contributed by atoms with Crippen LogP contribution in [0.3, 0.4) is 0 Å². The standard InChI is InChI=1S/C15H13ClN4O/c1-10-8-14(18-15(21)9-16)20(19-10)13-7-6-11-4-2-3-5-12(11)17-13/h2-8H,9H2,1H3,(H,18,21). The fraction of sp³-hybridized carbons (Fsp3) is 0.133.